The Hall–Kier alpha value is -1.87. The van der Waals surface area contributed by atoms with Crippen molar-refractivity contribution >= 4 is 43.2 Å². The Morgan fingerprint density at radius 3 is 2.54 bits per heavy atom. The van der Waals surface area contributed by atoms with E-state index < -0.39 is 10.0 Å². The van der Waals surface area contributed by atoms with Gasteiger partial charge in [0, 0.05) is 18.7 Å². The molecule has 1 aromatic heterocycles. The molecule has 0 aliphatic rings. The normalized spacial score (nSPS) is 12.7. The Labute approximate surface area is 160 Å². The van der Waals surface area contributed by atoms with E-state index in [-0.39, 0.29) is 4.90 Å². The van der Waals surface area contributed by atoms with Gasteiger partial charge >= 0.3 is 0 Å². The predicted molar refractivity (Wildman–Crippen MR) is 102 cm³/mol. The van der Waals surface area contributed by atoms with Crippen LogP contribution < -0.4 is 9.54 Å². The third-order valence-corrected chi connectivity index (χ3v) is 6.39. The van der Waals surface area contributed by atoms with Gasteiger partial charge in [0.25, 0.3) is 10.0 Å². The number of hydrogen-bond donors (Lipinski definition) is 0. The molecule has 0 bridgehead atoms. The van der Waals surface area contributed by atoms with E-state index in [4.69, 9.17) is 21.1 Å². The van der Waals surface area contributed by atoms with Gasteiger partial charge in [0.1, 0.15) is 5.75 Å². The quantitative estimate of drug-likeness (QED) is 0.622. The van der Waals surface area contributed by atoms with E-state index >= 15 is 0 Å². The Morgan fingerprint density at radius 2 is 1.88 bits per heavy atom. The highest BCUT2D eigenvalue weighted by Crippen LogP contribution is 2.23. The molecule has 0 saturated carbocycles. The highest BCUT2D eigenvalue weighted by Gasteiger charge is 2.15. The van der Waals surface area contributed by atoms with Gasteiger partial charge < -0.3 is 14.0 Å². The molecular weight excluding hydrogens is 396 g/mol. The van der Waals surface area contributed by atoms with Gasteiger partial charge in [-0.2, -0.15) is 8.42 Å². The zero-order valence-corrected chi connectivity index (χ0v) is 16.6. The number of halogens is 1. The lowest BCUT2D eigenvalue weighted by atomic mass is 10.3. The first kappa shape index (κ1) is 18.9. The summed E-state index contributed by atoms with van der Waals surface area (Å²) >= 11 is 7.32. The largest absolute Gasteiger partial charge is 0.497 e. The standard InChI is InChI=1S/C17H17ClN2O4S2/c1-23-10-9-20-15-8-3-12(18)11-16(15)25-17(20)19-26(21,22)14-6-4-13(24-2)5-7-14/h3-8,11H,9-10H2,1-2H3/b19-17-. The van der Waals surface area contributed by atoms with Gasteiger partial charge in [-0.25, -0.2) is 0 Å². The van der Waals surface area contributed by atoms with Crippen molar-refractivity contribution in [3.63, 3.8) is 0 Å². The van der Waals surface area contributed by atoms with Crippen LogP contribution in [-0.4, -0.2) is 33.8 Å². The van der Waals surface area contributed by atoms with Crippen LogP contribution >= 0.6 is 22.9 Å². The van der Waals surface area contributed by atoms with Gasteiger partial charge in [-0.3, -0.25) is 0 Å². The fourth-order valence-electron chi connectivity index (χ4n) is 2.42. The first-order chi connectivity index (χ1) is 12.4. The van der Waals surface area contributed by atoms with Crippen molar-refractivity contribution in [1.82, 2.24) is 4.57 Å². The van der Waals surface area contributed by atoms with E-state index in [9.17, 15) is 8.42 Å². The smallest absolute Gasteiger partial charge is 0.285 e. The van der Waals surface area contributed by atoms with Crippen molar-refractivity contribution in [2.75, 3.05) is 20.8 Å². The molecule has 0 aliphatic heterocycles. The third kappa shape index (κ3) is 3.93. The molecule has 0 spiro atoms. The van der Waals surface area contributed by atoms with E-state index in [0.717, 1.165) is 10.2 Å². The van der Waals surface area contributed by atoms with Gasteiger partial charge in [-0.05, 0) is 42.5 Å². The highest BCUT2D eigenvalue weighted by molar-refractivity contribution is 7.90. The molecule has 9 heteroatoms. The maximum atomic E-state index is 12.7. The predicted octanol–water partition coefficient (Wildman–Crippen LogP) is 3.30. The Bertz CT molecular complexity index is 1090. The van der Waals surface area contributed by atoms with Crippen LogP contribution in [0.25, 0.3) is 10.2 Å². The number of hydrogen-bond acceptors (Lipinski definition) is 5. The minimum atomic E-state index is -3.86. The Morgan fingerprint density at radius 1 is 1.15 bits per heavy atom. The van der Waals surface area contributed by atoms with E-state index in [1.165, 1.54) is 30.6 Å². The first-order valence-corrected chi connectivity index (χ1v) is 10.3. The fraction of sp³-hybridized carbons (Fsp3) is 0.235. The van der Waals surface area contributed by atoms with E-state index in [1.807, 2.05) is 10.6 Å². The summed E-state index contributed by atoms with van der Waals surface area (Å²) in [4.78, 5) is 0.474. The van der Waals surface area contributed by atoms with E-state index in [0.29, 0.717) is 28.7 Å². The maximum Gasteiger partial charge on any atom is 0.285 e. The van der Waals surface area contributed by atoms with Crippen LogP contribution in [0.2, 0.25) is 5.02 Å². The van der Waals surface area contributed by atoms with Crippen LogP contribution in [0, 0.1) is 0 Å². The second kappa shape index (κ2) is 7.79. The number of benzene rings is 2. The lowest BCUT2D eigenvalue weighted by Crippen LogP contribution is -2.19. The number of nitrogens with zero attached hydrogens (tertiary/aromatic N) is 2. The summed E-state index contributed by atoms with van der Waals surface area (Å²) in [6, 6.07) is 11.5. The number of aromatic nitrogens is 1. The molecule has 0 aliphatic carbocycles. The molecule has 0 radical (unpaired) electrons. The molecule has 0 fully saturated rings. The zero-order chi connectivity index (χ0) is 18.7. The molecule has 0 N–H and O–H groups in total. The third-order valence-electron chi connectivity index (χ3n) is 3.72. The van der Waals surface area contributed by atoms with Crippen LogP contribution in [0.5, 0.6) is 5.75 Å². The fourth-order valence-corrected chi connectivity index (χ4v) is 4.95. The number of rotatable bonds is 6. The Balaban J connectivity index is 2.15. The Kier molecular flexibility index (Phi) is 5.67. The molecule has 1 heterocycles. The molecule has 3 rings (SSSR count). The van der Waals surface area contributed by atoms with Crippen LogP contribution in [0.1, 0.15) is 0 Å². The van der Waals surface area contributed by atoms with Gasteiger partial charge in [0.05, 0.1) is 28.8 Å². The van der Waals surface area contributed by atoms with Gasteiger partial charge in [-0.15, -0.1) is 4.40 Å². The second-order valence-corrected chi connectivity index (χ2v) is 8.43. The molecule has 6 nitrogen and oxygen atoms in total. The lowest BCUT2D eigenvalue weighted by Gasteiger charge is -2.05. The number of sulfonamides is 1. The number of methoxy groups -OCH3 is 2. The highest BCUT2D eigenvalue weighted by atomic mass is 35.5. The zero-order valence-electron chi connectivity index (χ0n) is 14.2. The van der Waals surface area contributed by atoms with Crippen LogP contribution in [0.3, 0.4) is 0 Å². The number of fused-ring (bicyclic) bond motifs is 1. The topological polar surface area (TPSA) is 69.9 Å². The average Bonchev–Trinajstić information content (AvgIpc) is 2.95. The number of ether oxygens (including phenoxy) is 2. The van der Waals surface area contributed by atoms with Crippen LogP contribution in [0.15, 0.2) is 51.8 Å². The van der Waals surface area contributed by atoms with Gasteiger partial charge in [0.15, 0.2) is 0 Å². The summed E-state index contributed by atoms with van der Waals surface area (Å²) in [7, 11) is -0.741. The van der Waals surface area contributed by atoms with Crippen LogP contribution in [-0.2, 0) is 21.3 Å². The number of thiazole rings is 1. The lowest BCUT2D eigenvalue weighted by molar-refractivity contribution is 0.187. The summed E-state index contributed by atoms with van der Waals surface area (Å²) in [6.07, 6.45) is 0. The molecule has 0 unspecified atom stereocenters. The van der Waals surface area contributed by atoms with E-state index in [1.54, 1.807) is 31.4 Å². The van der Waals surface area contributed by atoms with Crippen molar-refractivity contribution in [2.24, 2.45) is 4.40 Å². The molecule has 3 aromatic rings. The molecule has 26 heavy (non-hydrogen) atoms. The summed E-state index contributed by atoms with van der Waals surface area (Å²) in [6.45, 7) is 0.916. The molecule has 0 saturated heterocycles. The van der Waals surface area contributed by atoms with Crippen molar-refractivity contribution in [1.29, 1.82) is 0 Å². The molecule has 0 atom stereocenters. The summed E-state index contributed by atoms with van der Waals surface area (Å²) in [5.74, 6) is 0.579. The van der Waals surface area contributed by atoms with Crippen molar-refractivity contribution in [3.8, 4) is 5.75 Å². The maximum absolute atomic E-state index is 12.7. The molecule has 138 valence electrons. The van der Waals surface area contributed by atoms with Gasteiger partial charge in [-0.1, -0.05) is 22.9 Å². The SMILES string of the molecule is COCCn1/c(=N/S(=O)(=O)c2ccc(OC)cc2)sc2cc(Cl)ccc21. The van der Waals surface area contributed by atoms with E-state index in [2.05, 4.69) is 4.40 Å². The monoisotopic (exact) mass is 412 g/mol. The minimum Gasteiger partial charge on any atom is -0.497 e. The average molecular weight is 413 g/mol. The van der Waals surface area contributed by atoms with Gasteiger partial charge in [0.2, 0.25) is 4.80 Å². The van der Waals surface area contributed by atoms with Crippen molar-refractivity contribution < 1.29 is 17.9 Å². The summed E-state index contributed by atoms with van der Waals surface area (Å²) in [5, 5.41) is 0.585. The molecule has 0 amide bonds. The second-order valence-electron chi connectivity index (χ2n) is 5.38. The molecular formula is C17H17ClN2O4S2. The van der Waals surface area contributed by atoms with Crippen LogP contribution in [0.4, 0.5) is 0 Å². The molecule has 2 aromatic carbocycles. The minimum absolute atomic E-state index is 0.104. The van der Waals surface area contributed by atoms with Crippen molar-refractivity contribution in [3.05, 3.63) is 52.3 Å². The summed E-state index contributed by atoms with van der Waals surface area (Å²) in [5.41, 5.74) is 0.861. The first-order valence-electron chi connectivity index (χ1n) is 7.67. The summed E-state index contributed by atoms with van der Waals surface area (Å²) < 4.78 is 42.3. The van der Waals surface area contributed by atoms with Crippen molar-refractivity contribution in [2.45, 2.75) is 11.4 Å².